The van der Waals surface area contributed by atoms with E-state index in [1.165, 1.54) is 17.8 Å². The molecule has 1 fully saturated rings. The van der Waals surface area contributed by atoms with Crippen molar-refractivity contribution in [3.05, 3.63) is 35.2 Å². The van der Waals surface area contributed by atoms with Gasteiger partial charge in [0.15, 0.2) is 0 Å². The number of carbonyl (C=O) groups excluding carboxylic acids is 1. The average molecular weight is 345 g/mol. The van der Waals surface area contributed by atoms with Crippen LogP contribution in [0.5, 0.6) is 5.75 Å². The first-order valence-electron chi connectivity index (χ1n) is 8.50. The van der Waals surface area contributed by atoms with Crippen LogP contribution in [0.25, 0.3) is 11.1 Å². The normalized spacial score (nSPS) is 15.2. The van der Waals surface area contributed by atoms with Gasteiger partial charge in [-0.25, -0.2) is 4.79 Å². The highest BCUT2D eigenvalue weighted by Gasteiger charge is 2.25. The Hall–Kier alpha value is -2.01. The van der Waals surface area contributed by atoms with Crippen LogP contribution >= 0.6 is 11.3 Å². The van der Waals surface area contributed by atoms with E-state index in [2.05, 4.69) is 0 Å². The van der Waals surface area contributed by atoms with Crippen molar-refractivity contribution in [1.29, 1.82) is 0 Å². The third-order valence-electron chi connectivity index (χ3n) is 4.33. The zero-order valence-electron chi connectivity index (χ0n) is 13.9. The SMILES string of the molecule is CCOc1ccccc1-c1csc(N)c1C(=O)OC1CCCCC1. The predicted molar refractivity (Wildman–Crippen MR) is 97.6 cm³/mol. The summed E-state index contributed by atoms with van der Waals surface area (Å²) in [5.74, 6) is 0.437. The van der Waals surface area contributed by atoms with E-state index in [-0.39, 0.29) is 12.1 Å². The Bertz CT molecular complexity index is 704. The van der Waals surface area contributed by atoms with Gasteiger partial charge in [0.2, 0.25) is 0 Å². The largest absolute Gasteiger partial charge is 0.493 e. The number of nitrogen functional groups attached to an aromatic ring is 1. The lowest BCUT2D eigenvalue weighted by Gasteiger charge is -2.22. The summed E-state index contributed by atoms with van der Waals surface area (Å²) in [6.07, 6.45) is 5.37. The van der Waals surface area contributed by atoms with Crippen molar-refractivity contribution in [3.8, 4) is 16.9 Å². The van der Waals surface area contributed by atoms with Gasteiger partial charge in [-0.05, 0) is 38.7 Å². The first-order valence-corrected chi connectivity index (χ1v) is 9.38. The molecule has 5 heteroatoms. The quantitative estimate of drug-likeness (QED) is 0.784. The number of hydrogen-bond acceptors (Lipinski definition) is 5. The fourth-order valence-electron chi connectivity index (χ4n) is 3.15. The molecule has 4 nitrogen and oxygen atoms in total. The molecule has 2 N–H and O–H groups in total. The first-order chi connectivity index (χ1) is 11.7. The van der Waals surface area contributed by atoms with Crippen molar-refractivity contribution in [2.24, 2.45) is 0 Å². The number of benzene rings is 1. The highest BCUT2D eigenvalue weighted by molar-refractivity contribution is 7.15. The molecule has 3 rings (SSSR count). The molecule has 0 amide bonds. The van der Waals surface area contributed by atoms with Gasteiger partial charge in [0.1, 0.15) is 22.4 Å². The molecule has 1 aliphatic carbocycles. The maximum Gasteiger partial charge on any atom is 0.342 e. The van der Waals surface area contributed by atoms with Crippen molar-refractivity contribution in [3.63, 3.8) is 0 Å². The Labute approximate surface area is 146 Å². The molecule has 2 aromatic rings. The summed E-state index contributed by atoms with van der Waals surface area (Å²) < 4.78 is 11.4. The van der Waals surface area contributed by atoms with Crippen LogP contribution in [-0.4, -0.2) is 18.7 Å². The first kappa shape index (κ1) is 16.8. The number of ether oxygens (including phenoxy) is 2. The molecule has 0 saturated heterocycles. The van der Waals surface area contributed by atoms with Crippen molar-refractivity contribution in [1.82, 2.24) is 0 Å². The smallest absolute Gasteiger partial charge is 0.342 e. The number of carbonyl (C=O) groups is 1. The van der Waals surface area contributed by atoms with Crippen molar-refractivity contribution >= 4 is 22.3 Å². The Morgan fingerprint density at radius 2 is 1.96 bits per heavy atom. The van der Waals surface area contributed by atoms with E-state index in [0.29, 0.717) is 17.2 Å². The van der Waals surface area contributed by atoms with E-state index < -0.39 is 0 Å². The third-order valence-corrected chi connectivity index (χ3v) is 5.14. The summed E-state index contributed by atoms with van der Waals surface area (Å²) in [4.78, 5) is 12.7. The summed E-state index contributed by atoms with van der Waals surface area (Å²) in [5.41, 5.74) is 8.23. The van der Waals surface area contributed by atoms with Crippen molar-refractivity contribution in [2.75, 3.05) is 12.3 Å². The lowest BCUT2D eigenvalue weighted by Crippen LogP contribution is -2.21. The molecule has 1 aromatic heterocycles. The molecular formula is C19H23NO3S. The van der Waals surface area contributed by atoms with Crippen molar-refractivity contribution in [2.45, 2.75) is 45.1 Å². The van der Waals surface area contributed by atoms with Crippen LogP contribution in [0, 0.1) is 0 Å². The fraction of sp³-hybridized carbons (Fsp3) is 0.421. The number of rotatable bonds is 5. The van der Waals surface area contributed by atoms with Gasteiger partial charge >= 0.3 is 5.97 Å². The number of hydrogen-bond donors (Lipinski definition) is 1. The maximum atomic E-state index is 12.7. The number of nitrogens with two attached hydrogens (primary N) is 1. The molecule has 0 aliphatic heterocycles. The Morgan fingerprint density at radius 3 is 2.71 bits per heavy atom. The van der Waals surface area contributed by atoms with E-state index in [1.54, 1.807) is 0 Å². The summed E-state index contributed by atoms with van der Waals surface area (Å²) in [5, 5.41) is 2.40. The zero-order valence-corrected chi connectivity index (χ0v) is 14.7. The number of esters is 1. The summed E-state index contributed by atoms with van der Waals surface area (Å²) in [6.45, 7) is 2.51. The molecule has 0 spiro atoms. The molecule has 128 valence electrons. The van der Waals surface area contributed by atoms with Gasteiger partial charge in [-0.15, -0.1) is 11.3 Å². The highest BCUT2D eigenvalue weighted by atomic mass is 32.1. The topological polar surface area (TPSA) is 61.5 Å². The molecule has 1 aliphatic rings. The van der Waals surface area contributed by atoms with Crippen LogP contribution in [0.15, 0.2) is 29.6 Å². The molecule has 0 atom stereocenters. The lowest BCUT2D eigenvalue weighted by molar-refractivity contribution is 0.0214. The third kappa shape index (κ3) is 3.56. The number of para-hydroxylation sites is 1. The van der Waals surface area contributed by atoms with E-state index in [1.807, 2.05) is 36.6 Å². The Morgan fingerprint density at radius 1 is 1.21 bits per heavy atom. The van der Waals surface area contributed by atoms with Gasteiger partial charge in [-0.1, -0.05) is 24.6 Å². The second-order valence-electron chi connectivity index (χ2n) is 5.98. The summed E-state index contributed by atoms with van der Waals surface area (Å²) in [6, 6.07) is 7.71. The number of thiophene rings is 1. The van der Waals surface area contributed by atoms with Crippen LogP contribution in [0.4, 0.5) is 5.00 Å². The number of anilines is 1. The van der Waals surface area contributed by atoms with Crippen LogP contribution in [0.2, 0.25) is 0 Å². The van der Waals surface area contributed by atoms with Gasteiger partial charge in [0.25, 0.3) is 0 Å². The van der Waals surface area contributed by atoms with Gasteiger partial charge in [-0.3, -0.25) is 0 Å². The van der Waals surface area contributed by atoms with Gasteiger partial charge in [-0.2, -0.15) is 0 Å². The standard InChI is InChI=1S/C19H23NO3S/c1-2-22-16-11-7-6-10-14(16)15-12-24-18(20)17(15)19(21)23-13-8-4-3-5-9-13/h6-7,10-13H,2-5,8-9,20H2,1H3. The summed E-state index contributed by atoms with van der Waals surface area (Å²) in [7, 11) is 0. The zero-order chi connectivity index (χ0) is 16.9. The molecule has 0 unspecified atom stereocenters. The van der Waals surface area contributed by atoms with E-state index in [0.717, 1.165) is 42.6 Å². The van der Waals surface area contributed by atoms with Crippen molar-refractivity contribution < 1.29 is 14.3 Å². The minimum absolute atomic E-state index is 0.0144. The molecule has 1 aromatic carbocycles. The molecule has 0 radical (unpaired) electrons. The van der Waals surface area contributed by atoms with Gasteiger partial charge in [0.05, 0.1) is 6.61 Å². The van der Waals surface area contributed by atoms with Crippen LogP contribution in [0.1, 0.15) is 49.4 Å². The second-order valence-corrected chi connectivity index (χ2v) is 6.89. The second kappa shape index (κ2) is 7.71. The van der Waals surface area contributed by atoms with E-state index in [4.69, 9.17) is 15.2 Å². The molecule has 0 bridgehead atoms. The van der Waals surface area contributed by atoms with Crippen LogP contribution in [-0.2, 0) is 4.74 Å². The molecule has 24 heavy (non-hydrogen) atoms. The summed E-state index contributed by atoms with van der Waals surface area (Å²) >= 11 is 1.36. The molecule has 1 saturated carbocycles. The molecular weight excluding hydrogens is 322 g/mol. The van der Waals surface area contributed by atoms with Gasteiger partial charge in [0, 0.05) is 16.5 Å². The highest BCUT2D eigenvalue weighted by Crippen LogP contribution is 2.39. The van der Waals surface area contributed by atoms with Crippen LogP contribution in [0.3, 0.4) is 0 Å². The predicted octanol–water partition coefficient (Wildman–Crippen LogP) is 4.89. The van der Waals surface area contributed by atoms with E-state index >= 15 is 0 Å². The minimum Gasteiger partial charge on any atom is -0.493 e. The fourth-order valence-corrected chi connectivity index (χ4v) is 3.95. The maximum absolute atomic E-state index is 12.7. The van der Waals surface area contributed by atoms with Crippen LogP contribution < -0.4 is 10.5 Å². The monoisotopic (exact) mass is 345 g/mol. The van der Waals surface area contributed by atoms with E-state index in [9.17, 15) is 4.79 Å². The van der Waals surface area contributed by atoms with Gasteiger partial charge < -0.3 is 15.2 Å². The average Bonchev–Trinajstić information content (AvgIpc) is 2.98. The molecule has 1 heterocycles. The lowest BCUT2D eigenvalue weighted by atomic mass is 9.97. The Kier molecular flexibility index (Phi) is 5.41. The minimum atomic E-state index is -0.318. The Balaban J connectivity index is 1.90.